The van der Waals surface area contributed by atoms with Gasteiger partial charge >= 0.3 is 0 Å². The van der Waals surface area contributed by atoms with Crippen molar-refractivity contribution in [1.29, 1.82) is 0 Å². The van der Waals surface area contributed by atoms with Gasteiger partial charge in [-0.3, -0.25) is 9.52 Å². The van der Waals surface area contributed by atoms with Crippen LogP contribution in [0.1, 0.15) is 16.8 Å². The van der Waals surface area contributed by atoms with Gasteiger partial charge in [0.2, 0.25) is 11.8 Å². The van der Waals surface area contributed by atoms with E-state index < -0.39 is 15.9 Å². The fraction of sp³-hybridized carbons (Fsp3) is 0.143. The highest BCUT2D eigenvalue weighted by Crippen LogP contribution is 2.32. The van der Waals surface area contributed by atoms with Crippen molar-refractivity contribution >= 4 is 21.6 Å². The molecule has 0 bridgehead atoms. The number of ether oxygens (including phenoxy) is 3. The Morgan fingerprint density at radius 1 is 1.03 bits per heavy atom. The third-order valence-corrected chi connectivity index (χ3v) is 5.74. The maximum atomic E-state index is 12.7. The van der Waals surface area contributed by atoms with E-state index in [4.69, 9.17) is 19.9 Å². The van der Waals surface area contributed by atoms with Crippen LogP contribution < -0.4 is 24.7 Å². The first-order chi connectivity index (χ1) is 14.9. The normalized spacial score (nSPS) is 13.2. The number of nitrogens with two attached hydrogens (primary N) is 1. The Morgan fingerprint density at radius 3 is 2.58 bits per heavy atom. The number of carbonyl (C=O) groups excluding carboxylic acids is 1. The number of aromatic nitrogens is 1. The van der Waals surface area contributed by atoms with Crippen LogP contribution >= 0.6 is 0 Å². The molecule has 1 amide bonds. The maximum Gasteiger partial charge on any atom is 0.262 e. The van der Waals surface area contributed by atoms with Crippen LogP contribution in [0.4, 0.5) is 5.69 Å². The average molecular weight is 441 g/mol. The molecule has 2 heterocycles. The van der Waals surface area contributed by atoms with Crippen LogP contribution in [0.5, 0.6) is 23.1 Å². The monoisotopic (exact) mass is 441 g/mol. The molecule has 1 aliphatic rings. The van der Waals surface area contributed by atoms with Gasteiger partial charge in [-0.15, -0.1) is 0 Å². The van der Waals surface area contributed by atoms with Crippen molar-refractivity contribution in [2.75, 3.05) is 17.9 Å². The smallest absolute Gasteiger partial charge is 0.262 e. The molecular weight excluding hydrogens is 422 g/mol. The number of fused-ring (bicyclic) bond motifs is 1. The van der Waals surface area contributed by atoms with E-state index in [-0.39, 0.29) is 16.5 Å². The molecule has 2 aromatic carbocycles. The van der Waals surface area contributed by atoms with Crippen LogP contribution in [-0.2, 0) is 10.0 Å². The lowest BCUT2D eigenvalue weighted by molar-refractivity contribution is 0.1000. The largest absolute Gasteiger partial charge is 0.490 e. The van der Waals surface area contributed by atoms with Crippen molar-refractivity contribution in [3.63, 3.8) is 0 Å². The molecule has 10 heteroatoms. The molecule has 31 heavy (non-hydrogen) atoms. The molecule has 0 saturated carbocycles. The van der Waals surface area contributed by atoms with Gasteiger partial charge < -0.3 is 19.9 Å². The van der Waals surface area contributed by atoms with Crippen molar-refractivity contribution in [1.82, 2.24) is 4.98 Å². The van der Waals surface area contributed by atoms with E-state index in [2.05, 4.69) is 9.71 Å². The minimum atomic E-state index is -3.86. The molecule has 1 aliphatic heterocycles. The first-order valence-corrected chi connectivity index (χ1v) is 10.9. The summed E-state index contributed by atoms with van der Waals surface area (Å²) in [7, 11) is -3.86. The van der Waals surface area contributed by atoms with E-state index in [0.717, 1.165) is 6.42 Å². The van der Waals surface area contributed by atoms with E-state index in [1.165, 1.54) is 36.5 Å². The lowest BCUT2D eigenvalue weighted by Crippen LogP contribution is -2.13. The number of rotatable bonds is 6. The van der Waals surface area contributed by atoms with E-state index in [0.29, 0.717) is 36.0 Å². The van der Waals surface area contributed by atoms with Crippen molar-refractivity contribution < 1.29 is 27.4 Å². The fourth-order valence-corrected chi connectivity index (χ4v) is 3.92. The molecule has 0 unspecified atom stereocenters. The van der Waals surface area contributed by atoms with Gasteiger partial charge in [0.05, 0.1) is 30.0 Å². The third kappa shape index (κ3) is 4.86. The average Bonchev–Trinajstić information content (AvgIpc) is 3.00. The van der Waals surface area contributed by atoms with E-state index >= 15 is 0 Å². The van der Waals surface area contributed by atoms with Crippen LogP contribution in [0, 0.1) is 0 Å². The summed E-state index contributed by atoms with van der Waals surface area (Å²) in [5.41, 5.74) is 5.82. The summed E-state index contributed by atoms with van der Waals surface area (Å²) in [5.74, 6) is 0.933. The topological polar surface area (TPSA) is 130 Å². The van der Waals surface area contributed by atoms with Crippen molar-refractivity contribution in [2.45, 2.75) is 11.3 Å². The summed E-state index contributed by atoms with van der Waals surface area (Å²) < 4.78 is 44.6. The zero-order valence-corrected chi connectivity index (χ0v) is 17.1. The quantitative estimate of drug-likeness (QED) is 0.601. The number of pyridine rings is 1. The Balaban J connectivity index is 1.48. The van der Waals surface area contributed by atoms with Gasteiger partial charge in [-0.25, -0.2) is 13.4 Å². The molecule has 0 fully saturated rings. The van der Waals surface area contributed by atoms with E-state index in [1.54, 1.807) is 24.3 Å². The van der Waals surface area contributed by atoms with Crippen LogP contribution in [0.15, 0.2) is 65.7 Å². The maximum absolute atomic E-state index is 12.7. The molecule has 0 saturated heterocycles. The zero-order chi connectivity index (χ0) is 21.8. The number of anilines is 1. The number of nitrogens with zero attached hydrogens (tertiary/aromatic N) is 1. The minimum Gasteiger partial charge on any atom is -0.490 e. The zero-order valence-electron chi connectivity index (χ0n) is 16.3. The summed E-state index contributed by atoms with van der Waals surface area (Å²) in [5, 5.41) is 0. The molecule has 1 aromatic heterocycles. The highest BCUT2D eigenvalue weighted by atomic mass is 32.2. The minimum absolute atomic E-state index is 0.0420. The second-order valence-electron chi connectivity index (χ2n) is 6.64. The van der Waals surface area contributed by atoms with Gasteiger partial charge in [0.25, 0.3) is 10.0 Å². The van der Waals surface area contributed by atoms with Gasteiger partial charge in [0, 0.05) is 24.1 Å². The van der Waals surface area contributed by atoms with Crippen LogP contribution in [0.2, 0.25) is 0 Å². The predicted molar refractivity (Wildman–Crippen MR) is 112 cm³/mol. The number of nitrogens with one attached hydrogen (secondary N) is 1. The lowest BCUT2D eigenvalue weighted by atomic mass is 10.2. The van der Waals surface area contributed by atoms with Crippen LogP contribution in [-0.4, -0.2) is 32.5 Å². The summed E-state index contributed by atoms with van der Waals surface area (Å²) in [6.45, 7) is 0.974. The summed E-state index contributed by atoms with van der Waals surface area (Å²) in [4.78, 5) is 15.4. The van der Waals surface area contributed by atoms with Gasteiger partial charge in [-0.2, -0.15) is 0 Å². The molecule has 0 spiro atoms. The number of hydrogen-bond acceptors (Lipinski definition) is 7. The second-order valence-corrected chi connectivity index (χ2v) is 8.33. The number of benzene rings is 2. The van der Waals surface area contributed by atoms with Crippen molar-refractivity contribution in [3.05, 3.63) is 66.4 Å². The highest BCUT2D eigenvalue weighted by Gasteiger charge is 2.19. The molecule has 0 atom stereocenters. The predicted octanol–water partition coefficient (Wildman–Crippen LogP) is 2.93. The molecule has 3 N–H and O–H groups in total. The number of amides is 1. The Kier molecular flexibility index (Phi) is 5.63. The molecule has 160 valence electrons. The number of primary amides is 1. The van der Waals surface area contributed by atoms with Gasteiger partial charge in [0.15, 0.2) is 11.5 Å². The standard InChI is InChI=1S/C21H19N3O6S/c22-21(25)14-3-1-4-16(11-14)30-20-8-5-15(13-23-20)24-31(26,27)17-6-7-18-19(12-17)29-10-2-9-28-18/h1,3-8,11-13,24H,2,9-10H2,(H2,22,25). The number of hydrogen-bond donors (Lipinski definition) is 2. The van der Waals surface area contributed by atoms with Gasteiger partial charge in [-0.05, 0) is 36.4 Å². The second kappa shape index (κ2) is 8.52. The van der Waals surface area contributed by atoms with Crippen LogP contribution in [0.3, 0.4) is 0 Å². The van der Waals surface area contributed by atoms with Crippen molar-refractivity contribution in [2.24, 2.45) is 5.73 Å². The van der Waals surface area contributed by atoms with Gasteiger partial charge in [0.1, 0.15) is 5.75 Å². The third-order valence-electron chi connectivity index (χ3n) is 4.36. The lowest BCUT2D eigenvalue weighted by Gasteiger charge is -2.12. The summed E-state index contributed by atoms with van der Waals surface area (Å²) >= 11 is 0. The Hall–Kier alpha value is -3.79. The fourth-order valence-electron chi connectivity index (χ4n) is 2.86. The Morgan fingerprint density at radius 2 is 1.84 bits per heavy atom. The summed E-state index contributed by atoms with van der Waals surface area (Å²) in [6, 6.07) is 13.8. The SMILES string of the molecule is NC(=O)c1cccc(Oc2ccc(NS(=O)(=O)c3ccc4c(c3)OCCCO4)cn2)c1. The van der Waals surface area contributed by atoms with E-state index in [9.17, 15) is 13.2 Å². The highest BCUT2D eigenvalue weighted by molar-refractivity contribution is 7.92. The number of carbonyl (C=O) groups is 1. The summed E-state index contributed by atoms with van der Waals surface area (Å²) in [6.07, 6.45) is 2.05. The van der Waals surface area contributed by atoms with Crippen LogP contribution in [0.25, 0.3) is 0 Å². The molecule has 3 aromatic rings. The van der Waals surface area contributed by atoms with E-state index in [1.807, 2.05) is 0 Å². The molecule has 9 nitrogen and oxygen atoms in total. The molecule has 0 radical (unpaired) electrons. The molecule has 4 rings (SSSR count). The van der Waals surface area contributed by atoms with Crippen molar-refractivity contribution in [3.8, 4) is 23.1 Å². The first-order valence-electron chi connectivity index (χ1n) is 9.37. The molecular formula is C21H19N3O6S. The first kappa shape index (κ1) is 20.5. The number of sulfonamides is 1. The van der Waals surface area contributed by atoms with Gasteiger partial charge in [-0.1, -0.05) is 6.07 Å². The Labute approximate surface area is 178 Å². The molecule has 0 aliphatic carbocycles. The Bertz CT molecular complexity index is 1210.